The topological polar surface area (TPSA) is 140 Å². The Morgan fingerprint density at radius 3 is 2.53 bits per heavy atom. The summed E-state index contributed by atoms with van der Waals surface area (Å²) in [6, 6.07) is 7.15. The minimum absolute atomic E-state index is 0.0299. The van der Waals surface area contributed by atoms with Crippen LogP contribution in [0.1, 0.15) is 51.0 Å². The third-order valence-electron chi connectivity index (χ3n) is 8.46. The Balaban J connectivity index is 1.39. The number of carbonyl (C=O) groups is 5. The molecule has 2 aliphatic heterocycles. The van der Waals surface area contributed by atoms with Gasteiger partial charge in [-0.3, -0.25) is 24.0 Å². The Kier molecular flexibility index (Phi) is 6.53. The quantitative estimate of drug-likeness (QED) is 0.389. The Morgan fingerprint density at radius 2 is 1.87 bits per heavy atom. The van der Waals surface area contributed by atoms with E-state index >= 15 is 0 Å². The number of Topliss-reactive ketones (excluding diaryl/α,β-unsaturated/α-hetero) is 1. The number of nitrogens with one attached hydrogen (secondary N) is 4. The normalized spacial score (nSPS) is 26.1. The summed E-state index contributed by atoms with van der Waals surface area (Å²) >= 11 is 0. The molecule has 0 bridgehead atoms. The first kappa shape index (κ1) is 25.9. The van der Waals surface area contributed by atoms with Gasteiger partial charge in [-0.2, -0.15) is 0 Å². The molecule has 38 heavy (non-hydrogen) atoms. The molecule has 2 saturated heterocycles. The molecule has 1 aliphatic carbocycles. The van der Waals surface area contributed by atoms with E-state index in [0.29, 0.717) is 25.2 Å². The summed E-state index contributed by atoms with van der Waals surface area (Å²) in [7, 11) is 0. The molecule has 1 saturated carbocycles. The van der Waals surface area contributed by atoms with Gasteiger partial charge in [0.15, 0.2) is 0 Å². The molecule has 0 radical (unpaired) electrons. The Labute approximate surface area is 221 Å². The number of aromatic amines is 1. The van der Waals surface area contributed by atoms with Crippen molar-refractivity contribution in [3.8, 4) is 0 Å². The Hall–Kier alpha value is -3.69. The number of H-pyrrole nitrogens is 1. The van der Waals surface area contributed by atoms with Crippen molar-refractivity contribution in [3.05, 3.63) is 36.0 Å². The van der Waals surface area contributed by atoms with Gasteiger partial charge in [-0.05, 0) is 56.1 Å². The molecular weight excluding hydrogens is 486 g/mol. The van der Waals surface area contributed by atoms with E-state index in [1.54, 1.807) is 24.8 Å². The van der Waals surface area contributed by atoms with Gasteiger partial charge < -0.3 is 25.8 Å². The standard InChI is InChI=1S/C28H35N5O5/c1-14(2)30-26(37)23(34)19(12-16-9-10-29-24(16)35)32-25(36)22-21-17(28(21,3)4)13-33(22)27(38)20-11-15-7-5-6-8-18(15)31-20/h5-8,11,14,16-17,19,21-22,31H,9-10,12-13H2,1-4H3,(H,29,35)(H,30,37)(H,32,36). The van der Waals surface area contributed by atoms with Crippen LogP contribution in [0.25, 0.3) is 10.9 Å². The molecule has 4 amide bonds. The van der Waals surface area contributed by atoms with E-state index in [1.165, 1.54) is 0 Å². The maximum Gasteiger partial charge on any atom is 0.289 e. The number of hydrogen-bond acceptors (Lipinski definition) is 5. The SMILES string of the molecule is CC(C)NC(=O)C(=O)C(CC1CCNC1=O)NC(=O)C1C2C(CN1C(=O)c1cc3ccccc3[nH]1)C2(C)C. The number of rotatable bonds is 8. The second kappa shape index (κ2) is 9.56. The maximum atomic E-state index is 13.8. The lowest BCUT2D eigenvalue weighted by Gasteiger charge is -2.31. The van der Waals surface area contributed by atoms with E-state index in [1.807, 2.05) is 24.3 Å². The first-order valence-electron chi connectivity index (χ1n) is 13.3. The van der Waals surface area contributed by atoms with Crippen LogP contribution in [0.15, 0.2) is 30.3 Å². The predicted octanol–water partition coefficient (Wildman–Crippen LogP) is 1.37. The van der Waals surface area contributed by atoms with Crippen molar-refractivity contribution < 1.29 is 24.0 Å². The lowest BCUT2D eigenvalue weighted by molar-refractivity contribution is -0.141. The van der Waals surface area contributed by atoms with E-state index in [0.717, 1.165) is 10.9 Å². The van der Waals surface area contributed by atoms with Gasteiger partial charge in [-0.15, -0.1) is 0 Å². The zero-order valence-corrected chi connectivity index (χ0v) is 22.2. The third kappa shape index (κ3) is 4.56. The zero-order valence-electron chi connectivity index (χ0n) is 22.2. The number of carbonyl (C=O) groups excluding carboxylic acids is 5. The minimum Gasteiger partial charge on any atom is -0.356 e. The lowest BCUT2D eigenvalue weighted by Crippen LogP contribution is -2.56. The van der Waals surface area contributed by atoms with Gasteiger partial charge in [0.1, 0.15) is 11.7 Å². The zero-order chi connectivity index (χ0) is 27.4. The average molecular weight is 522 g/mol. The number of ketones is 1. The van der Waals surface area contributed by atoms with Crippen molar-refractivity contribution in [2.75, 3.05) is 13.1 Å². The molecule has 0 spiro atoms. The minimum atomic E-state index is -1.17. The van der Waals surface area contributed by atoms with Crippen molar-refractivity contribution in [2.24, 2.45) is 23.2 Å². The first-order valence-corrected chi connectivity index (χ1v) is 13.3. The second-order valence-electron chi connectivity index (χ2n) is 11.7. The third-order valence-corrected chi connectivity index (χ3v) is 8.46. The van der Waals surface area contributed by atoms with Crippen LogP contribution in [0.4, 0.5) is 0 Å². The van der Waals surface area contributed by atoms with Crippen molar-refractivity contribution in [1.29, 1.82) is 0 Å². The molecule has 202 valence electrons. The summed E-state index contributed by atoms with van der Waals surface area (Å²) in [5.74, 6) is -2.91. The molecular formula is C28H35N5O5. The van der Waals surface area contributed by atoms with Gasteiger partial charge in [0.05, 0.1) is 6.04 Å². The van der Waals surface area contributed by atoms with E-state index in [-0.39, 0.29) is 41.5 Å². The van der Waals surface area contributed by atoms with E-state index in [4.69, 9.17) is 0 Å². The van der Waals surface area contributed by atoms with Crippen molar-refractivity contribution in [1.82, 2.24) is 25.8 Å². The van der Waals surface area contributed by atoms with E-state index < -0.39 is 35.6 Å². The molecule has 3 heterocycles. The van der Waals surface area contributed by atoms with Gasteiger partial charge in [-0.1, -0.05) is 32.0 Å². The molecule has 5 unspecified atom stereocenters. The van der Waals surface area contributed by atoms with Gasteiger partial charge in [0.25, 0.3) is 11.8 Å². The number of likely N-dealkylation sites (tertiary alicyclic amines) is 1. The number of fused-ring (bicyclic) bond motifs is 2. The lowest BCUT2D eigenvalue weighted by atomic mass is 9.94. The van der Waals surface area contributed by atoms with Gasteiger partial charge in [0, 0.05) is 36.0 Å². The van der Waals surface area contributed by atoms with Crippen molar-refractivity contribution in [2.45, 2.75) is 58.7 Å². The fraction of sp³-hybridized carbons (Fsp3) is 0.536. The first-order chi connectivity index (χ1) is 18.0. The highest BCUT2D eigenvalue weighted by Gasteiger charge is 2.69. The van der Waals surface area contributed by atoms with Gasteiger partial charge >= 0.3 is 0 Å². The number of amides is 4. The highest BCUT2D eigenvalue weighted by Crippen LogP contribution is 2.65. The van der Waals surface area contributed by atoms with Crippen LogP contribution in [0.2, 0.25) is 0 Å². The van der Waals surface area contributed by atoms with E-state index in [2.05, 4.69) is 34.8 Å². The van der Waals surface area contributed by atoms with Crippen molar-refractivity contribution >= 4 is 40.3 Å². The van der Waals surface area contributed by atoms with Crippen molar-refractivity contribution in [3.63, 3.8) is 0 Å². The van der Waals surface area contributed by atoms with Gasteiger partial charge in [0.2, 0.25) is 17.6 Å². The van der Waals surface area contributed by atoms with Crippen LogP contribution in [0.5, 0.6) is 0 Å². The monoisotopic (exact) mass is 521 g/mol. The number of benzene rings is 1. The highest BCUT2D eigenvalue weighted by atomic mass is 16.2. The molecule has 5 rings (SSSR count). The fourth-order valence-electron chi connectivity index (χ4n) is 6.27. The summed E-state index contributed by atoms with van der Waals surface area (Å²) < 4.78 is 0. The average Bonchev–Trinajstić information content (AvgIpc) is 3.38. The number of hydrogen-bond donors (Lipinski definition) is 4. The summed E-state index contributed by atoms with van der Waals surface area (Å²) in [6.45, 7) is 8.56. The molecule has 3 aliphatic rings. The van der Waals surface area contributed by atoms with E-state index in [9.17, 15) is 24.0 Å². The van der Waals surface area contributed by atoms with Crippen LogP contribution in [0, 0.1) is 23.2 Å². The van der Waals surface area contributed by atoms with Crippen LogP contribution in [0.3, 0.4) is 0 Å². The van der Waals surface area contributed by atoms with Crippen LogP contribution >= 0.6 is 0 Å². The molecule has 1 aromatic heterocycles. The molecule has 10 nitrogen and oxygen atoms in total. The largest absolute Gasteiger partial charge is 0.356 e. The maximum absolute atomic E-state index is 13.8. The molecule has 2 aromatic rings. The number of piperidine rings is 1. The molecule has 10 heteroatoms. The molecule has 4 N–H and O–H groups in total. The molecule has 3 fully saturated rings. The molecule has 5 atom stereocenters. The Bertz CT molecular complexity index is 1280. The summed E-state index contributed by atoms with van der Waals surface area (Å²) in [6.07, 6.45) is 0.554. The van der Waals surface area contributed by atoms with Crippen LogP contribution in [-0.4, -0.2) is 70.5 Å². The second-order valence-corrected chi connectivity index (χ2v) is 11.7. The fourth-order valence-corrected chi connectivity index (χ4v) is 6.27. The summed E-state index contributed by atoms with van der Waals surface area (Å²) in [4.78, 5) is 70.1. The predicted molar refractivity (Wildman–Crippen MR) is 140 cm³/mol. The number of aromatic nitrogens is 1. The summed E-state index contributed by atoms with van der Waals surface area (Å²) in [5.41, 5.74) is 1.10. The number of nitrogens with zero attached hydrogens (tertiary/aromatic N) is 1. The summed E-state index contributed by atoms with van der Waals surface area (Å²) in [5, 5.41) is 9.01. The van der Waals surface area contributed by atoms with Crippen LogP contribution in [-0.2, 0) is 19.2 Å². The molecule has 1 aromatic carbocycles. The highest BCUT2D eigenvalue weighted by molar-refractivity contribution is 6.38. The number of para-hydroxylation sites is 1. The van der Waals surface area contributed by atoms with Gasteiger partial charge in [-0.25, -0.2) is 0 Å². The Morgan fingerprint density at radius 1 is 1.13 bits per heavy atom. The smallest absolute Gasteiger partial charge is 0.289 e. The van der Waals surface area contributed by atoms with Crippen LogP contribution < -0.4 is 16.0 Å².